The van der Waals surface area contributed by atoms with Gasteiger partial charge in [0.15, 0.2) is 0 Å². The van der Waals surface area contributed by atoms with Crippen LogP contribution in [0, 0.1) is 0 Å². The van der Waals surface area contributed by atoms with Crippen molar-refractivity contribution in [1.82, 2.24) is 4.98 Å². The Morgan fingerprint density at radius 3 is 3.00 bits per heavy atom. The van der Waals surface area contributed by atoms with Gasteiger partial charge in [0, 0.05) is 11.4 Å². The molecule has 0 spiro atoms. The van der Waals surface area contributed by atoms with Gasteiger partial charge in [0.05, 0.1) is 12.8 Å². The lowest BCUT2D eigenvalue weighted by Gasteiger charge is -2.02. The second-order valence-corrected chi connectivity index (χ2v) is 3.08. The largest absolute Gasteiger partial charge is 0.473 e. The predicted octanol–water partition coefficient (Wildman–Crippen LogP) is 1.56. The molecule has 1 aromatic rings. The highest BCUT2D eigenvalue weighted by molar-refractivity contribution is 7.11. The smallest absolute Gasteiger partial charge is 0.273 e. The van der Waals surface area contributed by atoms with E-state index in [2.05, 4.69) is 4.98 Å². The van der Waals surface area contributed by atoms with Crippen molar-refractivity contribution < 1.29 is 4.74 Å². The molecule has 0 aromatic carbocycles. The number of nitrogens with two attached hydrogens (primary N) is 1. The summed E-state index contributed by atoms with van der Waals surface area (Å²) in [6.45, 7) is 2.04. The molecule has 1 atom stereocenters. The van der Waals surface area contributed by atoms with Crippen LogP contribution >= 0.6 is 11.3 Å². The van der Waals surface area contributed by atoms with Crippen LogP contribution in [-0.4, -0.2) is 12.1 Å². The summed E-state index contributed by atoms with van der Waals surface area (Å²) in [6.07, 6.45) is 0.910. The summed E-state index contributed by atoms with van der Waals surface area (Å²) in [5, 5.41) is 2.62. The molecule has 0 amide bonds. The molecule has 3 nitrogen and oxygen atoms in total. The zero-order valence-electron chi connectivity index (χ0n) is 6.70. The van der Waals surface area contributed by atoms with Crippen LogP contribution in [0.3, 0.4) is 0 Å². The van der Waals surface area contributed by atoms with Crippen molar-refractivity contribution >= 4 is 11.3 Å². The van der Waals surface area contributed by atoms with Gasteiger partial charge in [-0.3, -0.25) is 0 Å². The molecule has 0 fully saturated rings. The molecular weight excluding hydrogens is 160 g/mol. The highest BCUT2D eigenvalue weighted by Crippen LogP contribution is 2.22. The van der Waals surface area contributed by atoms with E-state index >= 15 is 0 Å². The van der Waals surface area contributed by atoms with E-state index in [9.17, 15) is 0 Å². The van der Waals surface area contributed by atoms with Gasteiger partial charge in [-0.2, -0.15) is 0 Å². The fraction of sp³-hybridized carbons (Fsp3) is 0.571. The molecule has 0 saturated heterocycles. The number of rotatable bonds is 3. The standard InChI is InChI=1S/C7H12N2OS/c1-3-5(8)6-4-11-7(9-6)10-2/h4-5H,3,8H2,1-2H3. The normalized spacial score (nSPS) is 13.0. The maximum atomic E-state index is 5.75. The zero-order chi connectivity index (χ0) is 8.27. The second kappa shape index (κ2) is 3.69. The Kier molecular flexibility index (Phi) is 2.84. The molecule has 0 saturated carbocycles. The van der Waals surface area contributed by atoms with E-state index in [0.717, 1.165) is 12.1 Å². The van der Waals surface area contributed by atoms with Crippen LogP contribution in [0.1, 0.15) is 25.1 Å². The third-order valence-electron chi connectivity index (χ3n) is 1.50. The Morgan fingerprint density at radius 1 is 1.82 bits per heavy atom. The molecular formula is C7H12N2OS. The molecule has 0 bridgehead atoms. The van der Waals surface area contributed by atoms with Crippen molar-refractivity contribution in [3.63, 3.8) is 0 Å². The summed E-state index contributed by atoms with van der Waals surface area (Å²) < 4.78 is 4.94. The summed E-state index contributed by atoms with van der Waals surface area (Å²) in [5.41, 5.74) is 6.68. The summed E-state index contributed by atoms with van der Waals surface area (Å²) >= 11 is 1.48. The Bertz CT molecular complexity index is 224. The van der Waals surface area contributed by atoms with E-state index in [4.69, 9.17) is 10.5 Å². The molecule has 0 radical (unpaired) electrons. The third kappa shape index (κ3) is 1.91. The minimum Gasteiger partial charge on any atom is -0.473 e. The maximum Gasteiger partial charge on any atom is 0.273 e. The van der Waals surface area contributed by atoms with E-state index in [1.54, 1.807) is 7.11 Å². The van der Waals surface area contributed by atoms with Gasteiger partial charge < -0.3 is 10.5 Å². The highest BCUT2D eigenvalue weighted by Gasteiger charge is 2.07. The first-order valence-electron chi connectivity index (χ1n) is 3.53. The molecule has 4 heteroatoms. The minimum absolute atomic E-state index is 0.0511. The molecule has 0 aliphatic carbocycles. The number of thiazole rings is 1. The van der Waals surface area contributed by atoms with Crippen LogP contribution < -0.4 is 10.5 Å². The number of hydrogen-bond donors (Lipinski definition) is 1. The van der Waals surface area contributed by atoms with Crippen LogP contribution in [-0.2, 0) is 0 Å². The lowest BCUT2D eigenvalue weighted by molar-refractivity contribution is 0.409. The fourth-order valence-electron chi connectivity index (χ4n) is 0.742. The minimum atomic E-state index is 0.0511. The van der Waals surface area contributed by atoms with Crippen LogP contribution in [0.4, 0.5) is 0 Å². The van der Waals surface area contributed by atoms with Crippen LogP contribution in [0.15, 0.2) is 5.38 Å². The molecule has 1 unspecified atom stereocenters. The van der Waals surface area contributed by atoms with Crippen molar-refractivity contribution in [3.8, 4) is 5.19 Å². The summed E-state index contributed by atoms with van der Waals surface area (Å²) in [7, 11) is 1.61. The van der Waals surface area contributed by atoms with Gasteiger partial charge in [-0.05, 0) is 6.42 Å². The molecule has 11 heavy (non-hydrogen) atoms. The summed E-state index contributed by atoms with van der Waals surface area (Å²) in [6, 6.07) is 0.0511. The van der Waals surface area contributed by atoms with Gasteiger partial charge in [-0.1, -0.05) is 18.3 Å². The van der Waals surface area contributed by atoms with Crippen LogP contribution in [0.25, 0.3) is 0 Å². The van der Waals surface area contributed by atoms with E-state index in [1.165, 1.54) is 11.3 Å². The Balaban J connectivity index is 2.71. The van der Waals surface area contributed by atoms with Crippen molar-refractivity contribution in [3.05, 3.63) is 11.1 Å². The average molecular weight is 172 g/mol. The quantitative estimate of drug-likeness (QED) is 0.752. The van der Waals surface area contributed by atoms with Gasteiger partial charge in [0.2, 0.25) is 0 Å². The monoisotopic (exact) mass is 172 g/mol. The number of methoxy groups -OCH3 is 1. The first-order valence-corrected chi connectivity index (χ1v) is 4.41. The number of nitrogens with zero attached hydrogens (tertiary/aromatic N) is 1. The van der Waals surface area contributed by atoms with E-state index < -0.39 is 0 Å². The topological polar surface area (TPSA) is 48.1 Å². The van der Waals surface area contributed by atoms with Gasteiger partial charge >= 0.3 is 0 Å². The van der Waals surface area contributed by atoms with Crippen molar-refractivity contribution in [2.24, 2.45) is 5.73 Å². The molecule has 62 valence electrons. The number of aromatic nitrogens is 1. The third-order valence-corrected chi connectivity index (χ3v) is 2.31. The number of hydrogen-bond acceptors (Lipinski definition) is 4. The molecule has 0 aliphatic heterocycles. The first kappa shape index (κ1) is 8.49. The maximum absolute atomic E-state index is 5.75. The van der Waals surface area contributed by atoms with Crippen molar-refractivity contribution in [2.75, 3.05) is 7.11 Å². The average Bonchev–Trinajstić information content (AvgIpc) is 2.50. The fourth-order valence-corrected chi connectivity index (χ4v) is 1.45. The Labute approximate surface area is 70.2 Å². The highest BCUT2D eigenvalue weighted by atomic mass is 32.1. The van der Waals surface area contributed by atoms with Crippen molar-refractivity contribution in [2.45, 2.75) is 19.4 Å². The lowest BCUT2D eigenvalue weighted by Crippen LogP contribution is -2.08. The summed E-state index contributed by atoms with van der Waals surface area (Å²) in [4.78, 5) is 4.17. The molecule has 1 rings (SSSR count). The van der Waals surface area contributed by atoms with Gasteiger partial charge in [0.1, 0.15) is 0 Å². The van der Waals surface area contributed by atoms with Crippen LogP contribution in [0.5, 0.6) is 5.19 Å². The predicted molar refractivity (Wildman–Crippen MR) is 45.9 cm³/mol. The number of ether oxygens (including phenoxy) is 1. The Morgan fingerprint density at radius 2 is 2.55 bits per heavy atom. The molecule has 0 aliphatic rings. The molecule has 1 heterocycles. The second-order valence-electron chi connectivity index (χ2n) is 2.26. The SMILES string of the molecule is CCC(N)c1csc(OC)n1. The molecule has 1 aromatic heterocycles. The van der Waals surface area contributed by atoms with Gasteiger partial charge in [0.25, 0.3) is 5.19 Å². The Hall–Kier alpha value is -0.610. The van der Waals surface area contributed by atoms with Gasteiger partial charge in [-0.25, -0.2) is 4.98 Å². The zero-order valence-corrected chi connectivity index (χ0v) is 7.52. The van der Waals surface area contributed by atoms with E-state index in [0.29, 0.717) is 5.19 Å². The van der Waals surface area contributed by atoms with E-state index in [-0.39, 0.29) is 6.04 Å². The van der Waals surface area contributed by atoms with Gasteiger partial charge in [-0.15, -0.1) is 0 Å². The van der Waals surface area contributed by atoms with Crippen molar-refractivity contribution in [1.29, 1.82) is 0 Å². The van der Waals surface area contributed by atoms with E-state index in [1.807, 2.05) is 12.3 Å². The summed E-state index contributed by atoms with van der Waals surface area (Å²) in [5.74, 6) is 0. The van der Waals surface area contributed by atoms with Crippen LogP contribution in [0.2, 0.25) is 0 Å². The first-order chi connectivity index (χ1) is 5.27. The molecule has 2 N–H and O–H groups in total. The lowest BCUT2D eigenvalue weighted by atomic mass is 10.2.